The molecule has 6 heteroatoms. The van der Waals surface area contributed by atoms with Crippen molar-refractivity contribution in [2.75, 3.05) is 0 Å². The van der Waals surface area contributed by atoms with Gasteiger partial charge in [0, 0.05) is 0 Å². The van der Waals surface area contributed by atoms with Gasteiger partial charge in [0.25, 0.3) is 0 Å². The van der Waals surface area contributed by atoms with E-state index >= 15 is 0 Å². The average Bonchev–Trinajstić information content (AvgIpc) is 2.46. The molecule has 0 aromatic carbocycles. The number of carboxylic acid groups (broad SMARTS) is 1. The van der Waals surface area contributed by atoms with Crippen LogP contribution in [0.2, 0.25) is 0 Å². The monoisotopic (exact) mass is 185 g/mol. The lowest BCUT2D eigenvalue weighted by atomic mass is 10.0. The molecule has 0 bridgehead atoms. The summed E-state index contributed by atoms with van der Waals surface area (Å²) in [6.45, 7) is 1.88. The molecule has 0 saturated heterocycles. The predicted octanol–water partition coefficient (Wildman–Crippen LogP) is 0.0663. The third-order valence-corrected chi connectivity index (χ3v) is 1.73. The maximum absolute atomic E-state index is 10.7. The van der Waals surface area contributed by atoms with Crippen LogP contribution in [-0.2, 0) is 4.79 Å². The molecule has 1 aromatic rings. The Hall–Kier alpha value is -1.59. The van der Waals surface area contributed by atoms with E-state index in [-0.39, 0.29) is 5.82 Å². The van der Waals surface area contributed by atoms with E-state index in [2.05, 4.69) is 15.2 Å². The van der Waals surface area contributed by atoms with Crippen LogP contribution in [0.1, 0.15) is 31.5 Å². The smallest absolute Gasteiger partial charge is 0.340 e. The second-order valence-corrected chi connectivity index (χ2v) is 2.74. The number of H-pyrrole nitrogens is 2. The van der Waals surface area contributed by atoms with Gasteiger partial charge in [0.15, 0.2) is 0 Å². The van der Waals surface area contributed by atoms with Gasteiger partial charge in [-0.3, -0.25) is 9.78 Å². The van der Waals surface area contributed by atoms with Crippen molar-refractivity contribution < 1.29 is 9.90 Å². The van der Waals surface area contributed by atoms with Gasteiger partial charge in [0.05, 0.1) is 0 Å². The second-order valence-electron chi connectivity index (χ2n) is 2.74. The van der Waals surface area contributed by atoms with Gasteiger partial charge >= 0.3 is 11.7 Å². The van der Waals surface area contributed by atoms with Crippen molar-refractivity contribution in [2.45, 2.75) is 25.7 Å². The van der Waals surface area contributed by atoms with E-state index in [0.29, 0.717) is 6.42 Å². The highest BCUT2D eigenvalue weighted by Gasteiger charge is 2.21. The van der Waals surface area contributed by atoms with E-state index < -0.39 is 17.6 Å². The first kappa shape index (κ1) is 9.50. The van der Waals surface area contributed by atoms with E-state index in [1.807, 2.05) is 6.92 Å². The molecular formula is C7H11N3O3. The number of rotatable bonds is 4. The molecule has 72 valence electrons. The van der Waals surface area contributed by atoms with Crippen LogP contribution in [0.4, 0.5) is 0 Å². The molecule has 0 radical (unpaired) electrons. The lowest BCUT2D eigenvalue weighted by molar-refractivity contribution is -0.139. The number of aromatic amines is 2. The molecule has 0 aliphatic rings. The van der Waals surface area contributed by atoms with Crippen molar-refractivity contribution in [3.63, 3.8) is 0 Å². The van der Waals surface area contributed by atoms with Crippen LogP contribution in [0, 0.1) is 0 Å². The van der Waals surface area contributed by atoms with Crippen LogP contribution in [0.5, 0.6) is 0 Å². The van der Waals surface area contributed by atoms with Crippen LogP contribution in [0.25, 0.3) is 0 Å². The quantitative estimate of drug-likeness (QED) is 0.617. The summed E-state index contributed by atoms with van der Waals surface area (Å²) in [4.78, 5) is 23.7. The lowest BCUT2D eigenvalue weighted by Crippen LogP contribution is -2.14. The van der Waals surface area contributed by atoms with Crippen molar-refractivity contribution in [1.29, 1.82) is 0 Å². The topological polar surface area (TPSA) is 98.8 Å². The van der Waals surface area contributed by atoms with E-state index in [0.717, 1.165) is 6.42 Å². The van der Waals surface area contributed by atoms with Crippen LogP contribution < -0.4 is 5.69 Å². The second kappa shape index (κ2) is 3.88. The molecule has 6 nitrogen and oxygen atoms in total. The van der Waals surface area contributed by atoms with Gasteiger partial charge < -0.3 is 5.11 Å². The fraction of sp³-hybridized carbons (Fsp3) is 0.571. The third kappa shape index (κ3) is 2.17. The Morgan fingerprint density at radius 3 is 2.77 bits per heavy atom. The highest BCUT2D eigenvalue weighted by molar-refractivity contribution is 5.74. The van der Waals surface area contributed by atoms with Gasteiger partial charge in [-0.25, -0.2) is 9.89 Å². The van der Waals surface area contributed by atoms with E-state index in [1.165, 1.54) is 0 Å². The number of nitrogens with zero attached hydrogens (tertiary/aromatic N) is 1. The van der Waals surface area contributed by atoms with Crippen LogP contribution in [0.15, 0.2) is 4.79 Å². The lowest BCUT2D eigenvalue weighted by Gasteiger charge is -2.05. The highest BCUT2D eigenvalue weighted by Crippen LogP contribution is 2.15. The summed E-state index contributed by atoms with van der Waals surface area (Å²) in [5.74, 6) is -1.49. The molecule has 0 aliphatic carbocycles. The number of carboxylic acids is 1. The standard InChI is InChI=1S/C7H11N3O3/c1-2-3-4(6(11)12)5-8-7(13)10-9-5/h4H,2-3H2,1H3,(H,11,12)(H2,8,9,10,13). The van der Waals surface area contributed by atoms with Crippen molar-refractivity contribution in [3.05, 3.63) is 16.3 Å². The number of carbonyl (C=O) groups is 1. The Labute approximate surface area is 74.0 Å². The minimum Gasteiger partial charge on any atom is -0.481 e. The fourth-order valence-corrected chi connectivity index (χ4v) is 1.11. The summed E-state index contributed by atoms with van der Waals surface area (Å²) in [5, 5.41) is 14.5. The number of aromatic nitrogens is 3. The van der Waals surface area contributed by atoms with Crippen LogP contribution in [0.3, 0.4) is 0 Å². The van der Waals surface area contributed by atoms with Gasteiger partial charge in [0.2, 0.25) is 0 Å². The minimum absolute atomic E-state index is 0.194. The average molecular weight is 185 g/mol. The van der Waals surface area contributed by atoms with Gasteiger partial charge in [-0.2, -0.15) is 5.10 Å². The first-order valence-electron chi connectivity index (χ1n) is 4.02. The molecule has 1 unspecified atom stereocenters. The van der Waals surface area contributed by atoms with Gasteiger partial charge in [-0.05, 0) is 6.42 Å². The van der Waals surface area contributed by atoms with E-state index in [1.54, 1.807) is 0 Å². The molecule has 0 spiro atoms. The molecule has 1 heterocycles. The molecule has 3 N–H and O–H groups in total. The normalized spacial score (nSPS) is 12.7. The van der Waals surface area contributed by atoms with Crippen LogP contribution >= 0.6 is 0 Å². The maximum atomic E-state index is 10.7. The number of hydrogen-bond donors (Lipinski definition) is 3. The van der Waals surface area contributed by atoms with Crippen molar-refractivity contribution in [2.24, 2.45) is 0 Å². The third-order valence-electron chi connectivity index (χ3n) is 1.73. The summed E-state index contributed by atoms with van der Waals surface area (Å²) in [6.07, 6.45) is 1.20. The maximum Gasteiger partial charge on any atom is 0.340 e. The summed E-state index contributed by atoms with van der Waals surface area (Å²) in [6, 6.07) is 0. The molecule has 0 fully saturated rings. The minimum atomic E-state index is -0.968. The van der Waals surface area contributed by atoms with Gasteiger partial charge in [-0.15, -0.1) is 0 Å². The Kier molecular flexibility index (Phi) is 2.84. The molecule has 0 aliphatic heterocycles. The zero-order valence-corrected chi connectivity index (χ0v) is 7.20. The molecule has 1 aromatic heterocycles. The molecule has 1 atom stereocenters. The van der Waals surface area contributed by atoms with Crippen molar-refractivity contribution >= 4 is 5.97 Å². The number of aliphatic carboxylic acids is 1. The number of nitrogens with one attached hydrogen (secondary N) is 2. The summed E-state index contributed by atoms with van der Waals surface area (Å²) >= 11 is 0. The van der Waals surface area contributed by atoms with E-state index in [9.17, 15) is 9.59 Å². The first-order valence-corrected chi connectivity index (χ1v) is 4.02. The van der Waals surface area contributed by atoms with Crippen molar-refractivity contribution in [1.82, 2.24) is 15.2 Å². The molecular weight excluding hydrogens is 174 g/mol. The first-order chi connectivity index (χ1) is 6.15. The highest BCUT2D eigenvalue weighted by atomic mass is 16.4. The SMILES string of the molecule is CCCC(C(=O)O)c1n[nH]c(=O)[nH]1. The largest absolute Gasteiger partial charge is 0.481 e. The number of hydrogen-bond acceptors (Lipinski definition) is 3. The predicted molar refractivity (Wildman–Crippen MR) is 44.5 cm³/mol. The Morgan fingerprint density at radius 2 is 2.38 bits per heavy atom. The summed E-state index contributed by atoms with van der Waals surface area (Å²) in [7, 11) is 0. The fourth-order valence-electron chi connectivity index (χ4n) is 1.11. The van der Waals surface area contributed by atoms with Gasteiger partial charge in [-0.1, -0.05) is 13.3 Å². The zero-order valence-electron chi connectivity index (χ0n) is 7.20. The Morgan fingerprint density at radius 1 is 1.69 bits per heavy atom. The van der Waals surface area contributed by atoms with Crippen molar-refractivity contribution in [3.8, 4) is 0 Å². The molecule has 1 rings (SSSR count). The van der Waals surface area contributed by atoms with Gasteiger partial charge in [0.1, 0.15) is 11.7 Å². The zero-order chi connectivity index (χ0) is 9.84. The van der Waals surface area contributed by atoms with E-state index in [4.69, 9.17) is 5.11 Å². The summed E-state index contributed by atoms with van der Waals surface area (Å²) < 4.78 is 0. The Bertz CT molecular complexity index is 341. The molecule has 0 amide bonds. The molecule has 13 heavy (non-hydrogen) atoms. The summed E-state index contributed by atoms with van der Waals surface area (Å²) in [5.41, 5.74) is -0.475. The Balaban J connectivity index is 2.88. The van der Waals surface area contributed by atoms with Crippen LogP contribution in [-0.4, -0.2) is 26.3 Å². The molecule has 0 saturated carbocycles.